The summed E-state index contributed by atoms with van der Waals surface area (Å²) in [6.07, 6.45) is 2.81. The van der Waals surface area contributed by atoms with Crippen molar-refractivity contribution in [2.75, 3.05) is 35.6 Å². The number of pyridine rings is 1. The van der Waals surface area contributed by atoms with Crippen LogP contribution in [0.3, 0.4) is 0 Å². The van der Waals surface area contributed by atoms with Gasteiger partial charge in [-0.3, -0.25) is 13.7 Å². The third-order valence-corrected chi connectivity index (χ3v) is 8.39. The number of carbonyl (C=O) groups is 1. The van der Waals surface area contributed by atoms with Gasteiger partial charge in [-0.1, -0.05) is 12.1 Å². The molecule has 0 aliphatic carbocycles. The summed E-state index contributed by atoms with van der Waals surface area (Å²) in [5, 5.41) is 4.13. The van der Waals surface area contributed by atoms with Gasteiger partial charge in [-0.2, -0.15) is 0 Å². The molecule has 3 heterocycles. The lowest BCUT2D eigenvalue weighted by molar-refractivity contribution is 0.0965. The molecule has 204 valence electrons. The average molecular weight is 550 g/mol. The second-order valence-corrected chi connectivity index (χ2v) is 12.4. The van der Waals surface area contributed by atoms with E-state index in [1.807, 2.05) is 30.0 Å². The Hall–Kier alpha value is -3.76. The van der Waals surface area contributed by atoms with Crippen molar-refractivity contribution in [2.45, 2.75) is 32.9 Å². The monoisotopic (exact) mass is 549 g/mol. The summed E-state index contributed by atoms with van der Waals surface area (Å²) in [7, 11) is -1.95. The first-order valence-corrected chi connectivity index (χ1v) is 14.7. The molecule has 2 atom stereocenters. The van der Waals surface area contributed by atoms with Crippen LogP contribution in [0.5, 0.6) is 0 Å². The second kappa shape index (κ2) is 10.1. The molecular formula is C29H32FN5O3S. The van der Waals surface area contributed by atoms with E-state index in [4.69, 9.17) is 0 Å². The molecule has 1 saturated heterocycles. The summed E-state index contributed by atoms with van der Waals surface area (Å²) in [5.74, 6) is -0.169. The molecule has 0 unspecified atom stereocenters. The zero-order chi connectivity index (χ0) is 28.1. The van der Waals surface area contributed by atoms with Crippen LogP contribution >= 0.6 is 0 Å². The topological polar surface area (TPSA) is 87.5 Å². The smallest absolute Gasteiger partial charge is 0.262 e. The molecule has 0 spiro atoms. The maximum Gasteiger partial charge on any atom is 0.262 e. The fourth-order valence-electron chi connectivity index (χ4n) is 5.22. The molecule has 0 saturated carbocycles. The summed E-state index contributed by atoms with van der Waals surface area (Å²) in [6, 6.07) is 16.2. The summed E-state index contributed by atoms with van der Waals surface area (Å²) in [6.45, 7) is 7.34. The summed E-state index contributed by atoms with van der Waals surface area (Å²) >= 11 is 0. The van der Waals surface area contributed by atoms with Crippen LogP contribution in [0.15, 0.2) is 60.8 Å². The molecule has 2 aromatic heterocycles. The third-order valence-electron chi connectivity index (χ3n) is 7.21. The average Bonchev–Trinajstić information content (AvgIpc) is 3.28. The Morgan fingerprint density at radius 2 is 1.72 bits per heavy atom. The fourth-order valence-corrected chi connectivity index (χ4v) is 5.66. The van der Waals surface area contributed by atoms with Crippen molar-refractivity contribution in [3.63, 3.8) is 0 Å². The zero-order valence-electron chi connectivity index (χ0n) is 22.6. The van der Waals surface area contributed by atoms with Crippen molar-refractivity contribution < 1.29 is 17.6 Å². The molecule has 0 radical (unpaired) electrons. The van der Waals surface area contributed by atoms with Crippen molar-refractivity contribution in [3.8, 4) is 11.1 Å². The summed E-state index contributed by atoms with van der Waals surface area (Å²) < 4.78 is 41.5. The maximum atomic E-state index is 15.1. The van der Waals surface area contributed by atoms with Crippen LogP contribution in [0.4, 0.5) is 15.9 Å². The predicted molar refractivity (Wildman–Crippen MR) is 154 cm³/mol. The second-order valence-electron chi connectivity index (χ2n) is 10.3. The molecule has 1 aliphatic heterocycles. The first kappa shape index (κ1) is 26.8. The van der Waals surface area contributed by atoms with E-state index in [2.05, 4.69) is 24.1 Å². The van der Waals surface area contributed by atoms with Crippen molar-refractivity contribution in [2.24, 2.45) is 0 Å². The Balaban J connectivity index is 1.43. The van der Waals surface area contributed by atoms with Gasteiger partial charge in [0, 0.05) is 60.6 Å². The van der Waals surface area contributed by atoms with Crippen LogP contribution in [-0.4, -0.2) is 62.4 Å². The summed E-state index contributed by atoms with van der Waals surface area (Å²) in [4.78, 5) is 20.0. The zero-order valence-corrected chi connectivity index (χ0v) is 23.5. The number of hydrogen-bond acceptors (Lipinski definition) is 6. The van der Waals surface area contributed by atoms with Gasteiger partial charge in [0.05, 0.1) is 17.5 Å². The molecule has 2 aromatic carbocycles. The van der Waals surface area contributed by atoms with E-state index in [9.17, 15) is 13.2 Å². The van der Waals surface area contributed by atoms with Gasteiger partial charge in [-0.05, 0) is 68.8 Å². The maximum absolute atomic E-state index is 15.1. The highest BCUT2D eigenvalue weighted by molar-refractivity contribution is 7.92. The number of halogens is 1. The molecule has 1 fully saturated rings. The van der Waals surface area contributed by atoms with Crippen LogP contribution in [0.2, 0.25) is 0 Å². The van der Waals surface area contributed by atoms with Gasteiger partial charge in [-0.25, -0.2) is 17.8 Å². The number of aryl methyl sites for hydroxylation is 1. The first-order chi connectivity index (χ1) is 18.4. The van der Waals surface area contributed by atoms with Gasteiger partial charge < -0.3 is 10.2 Å². The molecule has 4 aromatic rings. The van der Waals surface area contributed by atoms with Gasteiger partial charge >= 0.3 is 0 Å². The molecule has 1 aliphatic rings. The van der Waals surface area contributed by atoms with E-state index in [-0.39, 0.29) is 23.8 Å². The third kappa shape index (κ3) is 5.26. The lowest BCUT2D eigenvalue weighted by atomic mass is 10.0. The minimum absolute atomic E-state index is 0.212. The number of aromatic nitrogens is 2. The molecule has 10 heteroatoms. The molecule has 8 nitrogen and oxygen atoms in total. The number of piperazine rings is 1. The Kier molecular flexibility index (Phi) is 6.94. The molecule has 39 heavy (non-hydrogen) atoms. The highest BCUT2D eigenvalue weighted by Gasteiger charge is 2.24. The molecule has 0 bridgehead atoms. The van der Waals surface area contributed by atoms with Crippen LogP contribution in [0.25, 0.3) is 22.0 Å². The van der Waals surface area contributed by atoms with Gasteiger partial charge in [0.1, 0.15) is 11.6 Å². The van der Waals surface area contributed by atoms with Gasteiger partial charge in [0.2, 0.25) is 10.0 Å². The standard InChI is InChI=1S/C29H32FN5O3S/c1-18-16-34(17-19(2)31-18)27-15-26-23(14-25(27)30)12-13-35(26)29(36)22-8-6-21(7-9-22)24-10-11-28(32-20(24)3)33(4)39(5,37)38/h6-15,18-19,31H,16-17H2,1-5H3/t18-,19+. The number of anilines is 2. The Morgan fingerprint density at radius 1 is 1.05 bits per heavy atom. The molecule has 1 N–H and O–H groups in total. The lowest BCUT2D eigenvalue weighted by Gasteiger charge is -2.37. The van der Waals surface area contributed by atoms with Crippen LogP contribution < -0.4 is 14.5 Å². The SMILES string of the molecule is Cc1nc(N(C)S(C)(=O)=O)ccc1-c1ccc(C(=O)n2ccc3cc(F)c(N4C[C@@H](C)N[C@@H](C)C4)cc32)cc1. The van der Waals surface area contributed by atoms with E-state index < -0.39 is 10.0 Å². The summed E-state index contributed by atoms with van der Waals surface area (Å²) in [5.41, 5.74) is 4.01. The minimum atomic E-state index is -3.41. The lowest BCUT2D eigenvalue weighted by Crippen LogP contribution is -2.54. The van der Waals surface area contributed by atoms with Gasteiger partial charge in [-0.15, -0.1) is 0 Å². The number of sulfonamides is 1. The first-order valence-electron chi connectivity index (χ1n) is 12.8. The van der Waals surface area contributed by atoms with Crippen LogP contribution in [0.1, 0.15) is 29.9 Å². The van der Waals surface area contributed by atoms with E-state index in [1.54, 1.807) is 41.1 Å². The largest absolute Gasteiger partial charge is 0.366 e. The molecule has 5 rings (SSSR count). The molecular weight excluding hydrogens is 517 g/mol. The quantitative estimate of drug-likeness (QED) is 0.397. The number of nitrogens with one attached hydrogen (secondary N) is 1. The fraction of sp³-hybridized carbons (Fsp3) is 0.310. The number of fused-ring (bicyclic) bond motifs is 1. The number of hydrogen-bond donors (Lipinski definition) is 1. The van der Waals surface area contributed by atoms with Crippen molar-refractivity contribution in [1.29, 1.82) is 0 Å². The van der Waals surface area contributed by atoms with Crippen molar-refractivity contribution in [3.05, 3.63) is 77.9 Å². The normalized spacial score (nSPS) is 17.9. The number of nitrogens with zero attached hydrogens (tertiary/aromatic N) is 4. The highest BCUT2D eigenvalue weighted by atomic mass is 32.2. The Morgan fingerprint density at radius 3 is 2.33 bits per heavy atom. The van der Waals surface area contributed by atoms with Crippen LogP contribution in [-0.2, 0) is 10.0 Å². The van der Waals surface area contributed by atoms with Crippen molar-refractivity contribution in [1.82, 2.24) is 14.9 Å². The van der Waals surface area contributed by atoms with Gasteiger partial charge in [0.25, 0.3) is 5.91 Å². The predicted octanol–water partition coefficient (Wildman–Crippen LogP) is 4.42. The number of carbonyl (C=O) groups excluding carboxylic acids is 1. The Labute approximate surface area is 228 Å². The van der Waals surface area contributed by atoms with E-state index in [0.29, 0.717) is 46.8 Å². The number of benzene rings is 2. The van der Waals surface area contributed by atoms with E-state index in [0.717, 1.165) is 21.7 Å². The van der Waals surface area contributed by atoms with Gasteiger partial charge in [0.15, 0.2) is 0 Å². The van der Waals surface area contributed by atoms with Crippen molar-refractivity contribution >= 4 is 38.3 Å². The number of rotatable bonds is 5. The minimum Gasteiger partial charge on any atom is -0.366 e. The Bertz CT molecular complexity index is 1660. The van der Waals surface area contributed by atoms with E-state index in [1.165, 1.54) is 13.1 Å². The van der Waals surface area contributed by atoms with E-state index >= 15 is 4.39 Å². The highest BCUT2D eigenvalue weighted by Crippen LogP contribution is 2.30. The van der Waals surface area contributed by atoms with Crippen LogP contribution in [0, 0.1) is 12.7 Å². The molecule has 0 amide bonds.